The number of rotatable bonds is 3. The molecule has 4 bridgehead atoms. The number of fused-ring (bicyclic) bond motifs is 5. The fraction of sp³-hybridized carbons (Fsp3) is 0.227. The second-order valence-corrected chi connectivity index (χ2v) is 14.7. The topological polar surface area (TPSA) is 51.6 Å². The van der Waals surface area contributed by atoms with Gasteiger partial charge in [0.1, 0.15) is 0 Å². The van der Waals surface area contributed by atoms with Crippen LogP contribution >= 0.6 is 0 Å². The molecule has 4 saturated carbocycles. The molecule has 4 nitrogen and oxygen atoms in total. The third-order valence-corrected chi connectivity index (χ3v) is 12.3. The number of hydrogen-bond acceptors (Lipinski definition) is 4. The molecule has 230 valence electrons. The van der Waals surface area contributed by atoms with Gasteiger partial charge in [-0.25, -0.2) is 15.0 Å². The molecular formula is C44H34N4. The molecule has 4 fully saturated rings. The van der Waals surface area contributed by atoms with E-state index in [1.54, 1.807) is 0 Å². The van der Waals surface area contributed by atoms with Gasteiger partial charge < -0.3 is 0 Å². The van der Waals surface area contributed by atoms with Crippen molar-refractivity contribution in [2.24, 2.45) is 23.7 Å². The van der Waals surface area contributed by atoms with Crippen molar-refractivity contribution in [3.05, 3.63) is 133 Å². The third-order valence-electron chi connectivity index (χ3n) is 12.3. The zero-order valence-corrected chi connectivity index (χ0v) is 26.7. The van der Waals surface area contributed by atoms with E-state index in [0.717, 1.165) is 39.3 Å². The first-order valence-electron chi connectivity index (χ1n) is 17.6. The highest BCUT2D eigenvalue weighted by atomic mass is 15.0. The van der Waals surface area contributed by atoms with E-state index in [4.69, 9.17) is 19.9 Å². The van der Waals surface area contributed by atoms with Crippen molar-refractivity contribution in [2.75, 3.05) is 0 Å². The average Bonchev–Trinajstić information content (AvgIpc) is 3.43. The van der Waals surface area contributed by atoms with E-state index in [0.29, 0.717) is 29.3 Å². The number of pyridine rings is 1. The Morgan fingerprint density at radius 1 is 0.479 bits per heavy atom. The Hall–Kier alpha value is -5.22. The molecule has 5 aliphatic rings. The summed E-state index contributed by atoms with van der Waals surface area (Å²) in [6.45, 7) is 0. The van der Waals surface area contributed by atoms with Gasteiger partial charge in [-0.3, -0.25) is 4.98 Å². The highest BCUT2D eigenvalue weighted by Crippen LogP contribution is 2.69. The van der Waals surface area contributed by atoms with Crippen molar-refractivity contribution in [1.82, 2.24) is 19.9 Å². The molecule has 4 heteroatoms. The Labute approximate surface area is 280 Å². The summed E-state index contributed by atoms with van der Waals surface area (Å²) in [5.74, 6) is 5.26. The summed E-state index contributed by atoms with van der Waals surface area (Å²) in [6, 6.07) is 41.2. The van der Waals surface area contributed by atoms with E-state index in [-0.39, 0.29) is 5.41 Å². The average molecular weight is 619 g/mol. The van der Waals surface area contributed by atoms with E-state index in [2.05, 4.69) is 115 Å². The zero-order chi connectivity index (χ0) is 31.4. The molecule has 0 aliphatic heterocycles. The van der Waals surface area contributed by atoms with Crippen molar-refractivity contribution in [3.8, 4) is 45.3 Å². The lowest BCUT2D eigenvalue weighted by Gasteiger charge is -2.60. The Morgan fingerprint density at radius 3 is 1.69 bits per heavy atom. The largest absolute Gasteiger partial charge is 0.260 e. The fourth-order valence-electron chi connectivity index (χ4n) is 10.7. The van der Waals surface area contributed by atoms with Crippen LogP contribution in [0.1, 0.15) is 43.4 Å². The van der Waals surface area contributed by atoms with Gasteiger partial charge in [-0.1, -0.05) is 103 Å². The maximum atomic E-state index is 5.25. The van der Waals surface area contributed by atoms with Crippen molar-refractivity contribution in [2.45, 2.75) is 37.5 Å². The highest BCUT2D eigenvalue weighted by Gasteiger charge is 2.62. The fourth-order valence-corrected chi connectivity index (χ4v) is 10.7. The van der Waals surface area contributed by atoms with Gasteiger partial charge in [0.25, 0.3) is 0 Å². The monoisotopic (exact) mass is 618 g/mol. The number of benzene rings is 5. The molecule has 48 heavy (non-hydrogen) atoms. The minimum Gasteiger partial charge on any atom is -0.260 e. The van der Waals surface area contributed by atoms with Gasteiger partial charge in [-0.15, -0.1) is 0 Å². The lowest BCUT2D eigenvalue weighted by molar-refractivity contribution is -0.0415. The van der Waals surface area contributed by atoms with E-state index in [1.807, 2.05) is 6.20 Å². The van der Waals surface area contributed by atoms with Crippen molar-refractivity contribution < 1.29 is 0 Å². The lowest BCUT2D eigenvalue weighted by atomic mass is 9.43. The third kappa shape index (κ3) is 3.66. The molecule has 5 aromatic carbocycles. The van der Waals surface area contributed by atoms with Gasteiger partial charge in [0.15, 0.2) is 17.5 Å². The maximum absolute atomic E-state index is 5.25. The van der Waals surface area contributed by atoms with Crippen LogP contribution in [0.3, 0.4) is 0 Å². The predicted molar refractivity (Wildman–Crippen MR) is 192 cm³/mol. The normalized spacial score (nSPS) is 24.8. The van der Waals surface area contributed by atoms with Crippen LogP contribution in [0.2, 0.25) is 0 Å². The van der Waals surface area contributed by atoms with Crippen LogP contribution in [0.25, 0.3) is 66.8 Å². The van der Waals surface area contributed by atoms with E-state index in [1.165, 1.54) is 65.3 Å². The van der Waals surface area contributed by atoms with Crippen LogP contribution in [-0.2, 0) is 5.41 Å². The van der Waals surface area contributed by atoms with Crippen molar-refractivity contribution in [3.63, 3.8) is 0 Å². The molecule has 2 aromatic heterocycles. The van der Waals surface area contributed by atoms with E-state index < -0.39 is 0 Å². The second kappa shape index (κ2) is 9.90. The van der Waals surface area contributed by atoms with Crippen LogP contribution in [0, 0.1) is 23.7 Å². The molecule has 7 aromatic rings. The van der Waals surface area contributed by atoms with E-state index in [9.17, 15) is 0 Å². The van der Waals surface area contributed by atoms with Crippen LogP contribution < -0.4 is 0 Å². The molecule has 0 saturated heterocycles. The molecule has 0 atom stereocenters. The Kier molecular flexibility index (Phi) is 5.53. The van der Waals surface area contributed by atoms with Gasteiger partial charge in [0, 0.05) is 33.9 Å². The summed E-state index contributed by atoms with van der Waals surface area (Å²) in [6.07, 6.45) is 8.86. The van der Waals surface area contributed by atoms with Gasteiger partial charge in [0.2, 0.25) is 0 Å². The molecule has 12 rings (SSSR count). The summed E-state index contributed by atoms with van der Waals surface area (Å²) in [5.41, 5.74) is 8.54. The van der Waals surface area contributed by atoms with Crippen molar-refractivity contribution >= 4 is 21.5 Å². The summed E-state index contributed by atoms with van der Waals surface area (Å²) < 4.78 is 0. The standard InChI is InChI=1S/C44H34N4/c1-3-12-33-28(8-1)10-5-14-36(33)42-46-41(47-43(48-42)37-15-6-11-29-9-2-4-13-34(29)37)30-17-18-39-38(25-30)35-16-7-19-45-40(35)44(39)31-21-26-20-27(23-31)24-32(44)22-26/h1-19,25-27,31-32H,20-24H2. The van der Waals surface area contributed by atoms with Gasteiger partial charge in [0.05, 0.1) is 5.69 Å². The summed E-state index contributed by atoms with van der Waals surface area (Å²) in [5, 5.41) is 4.62. The minimum atomic E-state index is 0.0409. The summed E-state index contributed by atoms with van der Waals surface area (Å²) >= 11 is 0. The number of hydrogen-bond donors (Lipinski definition) is 0. The first-order chi connectivity index (χ1) is 23.7. The molecule has 0 amide bonds. The molecule has 1 spiro atoms. The van der Waals surface area contributed by atoms with Crippen molar-refractivity contribution in [1.29, 1.82) is 0 Å². The van der Waals surface area contributed by atoms with Gasteiger partial charge in [-0.05, 0) is 101 Å². The Bertz CT molecular complexity index is 2310. The summed E-state index contributed by atoms with van der Waals surface area (Å²) in [7, 11) is 0. The SMILES string of the molecule is c1cnc2c(c1)-c1cc(-c3nc(-c4cccc5ccccc45)nc(-c4cccc5ccccc45)n3)ccc1C21C2CC3CC(C2)CC1C3. The molecular weight excluding hydrogens is 585 g/mol. The lowest BCUT2D eigenvalue weighted by Crippen LogP contribution is -2.55. The van der Waals surface area contributed by atoms with Crippen LogP contribution in [0.5, 0.6) is 0 Å². The quantitative estimate of drug-likeness (QED) is 0.198. The summed E-state index contributed by atoms with van der Waals surface area (Å²) in [4.78, 5) is 20.9. The highest BCUT2D eigenvalue weighted by molar-refractivity contribution is 5.97. The molecule has 0 radical (unpaired) electrons. The molecule has 0 unspecified atom stereocenters. The molecule has 0 N–H and O–H groups in total. The first-order valence-corrected chi connectivity index (χ1v) is 17.6. The Balaban J connectivity index is 1.14. The second-order valence-electron chi connectivity index (χ2n) is 14.7. The van der Waals surface area contributed by atoms with Crippen LogP contribution in [0.15, 0.2) is 121 Å². The van der Waals surface area contributed by atoms with Gasteiger partial charge >= 0.3 is 0 Å². The first kappa shape index (κ1) is 26.8. The Morgan fingerprint density at radius 2 is 1.04 bits per heavy atom. The van der Waals surface area contributed by atoms with Gasteiger partial charge in [-0.2, -0.15) is 0 Å². The molecule has 2 heterocycles. The van der Waals surface area contributed by atoms with Crippen LogP contribution in [-0.4, -0.2) is 19.9 Å². The predicted octanol–water partition coefficient (Wildman–Crippen LogP) is 10.3. The molecule has 5 aliphatic carbocycles. The number of nitrogens with zero attached hydrogens (tertiary/aromatic N) is 4. The minimum absolute atomic E-state index is 0.0409. The van der Waals surface area contributed by atoms with Crippen LogP contribution in [0.4, 0.5) is 0 Å². The van der Waals surface area contributed by atoms with E-state index >= 15 is 0 Å². The maximum Gasteiger partial charge on any atom is 0.164 e. The number of aromatic nitrogens is 4. The smallest absolute Gasteiger partial charge is 0.164 e. The zero-order valence-electron chi connectivity index (χ0n) is 26.7.